The molecule has 19 heavy (non-hydrogen) atoms. The molecule has 1 fully saturated rings. The Hall–Kier alpha value is -1.67. The SMILES string of the molecule is C[C@H]1CC(F)(F)C(=NCC(=O)O)C1=C(N)C(F)(F)F. The van der Waals surface area contributed by atoms with Crippen LogP contribution in [-0.4, -0.2) is 35.4 Å². The van der Waals surface area contributed by atoms with Crippen molar-refractivity contribution in [3.8, 4) is 0 Å². The maximum Gasteiger partial charge on any atom is 0.431 e. The second-order valence-electron chi connectivity index (χ2n) is 4.19. The van der Waals surface area contributed by atoms with Crippen LogP contribution < -0.4 is 5.73 Å². The van der Waals surface area contributed by atoms with Crippen molar-refractivity contribution in [3.05, 3.63) is 11.3 Å². The fourth-order valence-corrected chi connectivity index (χ4v) is 1.91. The molecule has 0 bridgehead atoms. The zero-order valence-electron chi connectivity index (χ0n) is 9.76. The molecule has 0 unspecified atom stereocenters. The number of carbonyl (C=O) groups is 1. The number of carboxylic acids is 1. The third-order valence-electron chi connectivity index (χ3n) is 2.62. The van der Waals surface area contributed by atoms with E-state index < -0.39 is 53.9 Å². The minimum absolute atomic E-state index is 0.821. The highest BCUT2D eigenvalue weighted by atomic mass is 19.4. The third kappa shape index (κ3) is 3.21. The fraction of sp³-hybridized carbons (Fsp3) is 0.600. The number of nitrogens with zero attached hydrogens (tertiary/aromatic N) is 1. The zero-order chi connectivity index (χ0) is 15.0. The first-order chi connectivity index (χ1) is 8.47. The van der Waals surface area contributed by atoms with E-state index in [1.807, 2.05) is 0 Å². The molecule has 0 heterocycles. The summed E-state index contributed by atoms with van der Waals surface area (Å²) in [6.45, 7) is 0.122. The Morgan fingerprint density at radius 3 is 2.47 bits per heavy atom. The lowest BCUT2D eigenvalue weighted by Gasteiger charge is -2.14. The Morgan fingerprint density at radius 1 is 1.53 bits per heavy atom. The van der Waals surface area contributed by atoms with E-state index >= 15 is 0 Å². The maximum absolute atomic E-state index is 13.5. The molecule has 1 rings (SSSR count). The number of hydrogen-bond donors (Lipinski definition) is 2. The van der Waals surface area contributed by atoms with Gasteiger partial charge in [0, 0.05) is 12.0 Å². The van der Waals surface area contributed by atoms with E-state index in [0.29, 0.717) is 0 Å². The molecular weight excluding hydrogens is 275 g/mol. The van der Waals surface area contributed by atoms with Gasteiger partial charge in [0.05, 0.1) is 0 Å². The maximum atomic E-state index is 13.5. The molecule has 9 heteroatoms. The number of halogens is 5. The smallest absolute Gasteiger partial charge is 0.431 e. The molecule has 0 aromatic carbocycles. The molecule has 108 valence electrons. The summed E-state index contributed by atoms with van der Waals surface area (Å²) in [7, 11) is 0. The van der Waals surface area contributed by atoms with Crippen molar-refractivity contribution in [2.45, 2.75) is 25.4 Å². The molecule has 0 aliphatic heterocycles. The van der Waals surface area contributed by atoms with Crippen LogP contribution in [0.1, 0.15) is 13.3 Å². The normalized spacial score (nSPS) is 27.7. The molecule has 1 aliphatic carbocycles. The van der Waals surface area contributed by atoms with Crippen LogP contribution in [0.2, 0.25) is 0 Å². The summed E-state index contributed by atoms with van der Waals surface area (Å²) in [5, 5.41) is 8.37. The minimum atomic E-state index is -4.96. The van der Waals surface area contributed by atoms with Crippen molar-refractivity contribution < 1.29 is 31.9 Å². The number of aliphatic imine (C=N–C) groups is 1. The number of hydrogen-bond acceptors (Lipinski definition) is 3. The first-order valence-electron chi connectivity index (χ1n) is 5.18. The van der Waals surface area contributed by atoms with Crippen molar-refractivity contribution in [3.63, 3.8) is 0 Å². The van der Waals surface area contributed by atoms with Crippen LogP contribution in [0.25, 0.3) is 0 Å². The van der Waals surface area contributed by atoms with Crippen molar-refractivity contribution in [1.29, 1.82) is 0 Å². The lowest BCUT2D eigenvalue weighted by Crippen LogP contribution is -2.29. The van der Waals surface area contributed by atoms with Crippen molar-refractivity contribution in [1.82, 2.24) is 0 Å². The zero-order valence-corrected chi connectivity index (χ0v) is 9.76. The van der Waals surface area contributed by atoms with Gasteiger partial charge in [0.15, 0.2) is 0 Å². The number of carboxylic acid groups (broad SMARTS) is 1. The molecule has 3 N–H and O–H groups in total. The highest BCUT2D eigenvalue weighted by Crippen LogP contribution is 2.43. The minimum Gasteiger partial charge on any atom is -0.480 e. The third-order valence-corrected chi connectivity index (χ3v) is 2.62. The van der Waals surface area contributed by atoms with E-state index in [9.17, 15) is 26.7 Å². The van der Waals surface area contributed by atoms with Crippen LogP contribution >= 0.6 is 0 Å². The van der Waals surface area contributed by atoms with Gasteiger partial charge in [-0.2, -0.15) is 22.0 Å². The summed E-state index contributed by atoms with van der Waals surface area (Å²) in [5.41, 5.74) is 1.20. The Bertz CT molecular complexity index is 453. The Balaban J connectivity index is 3.35. The van der Waals surface area contributed by atoms with Gasteiger partial charge >= 0.3 is 12.1 Å². The van der Waals surface area contributed by atoms with Gasteiger partial charge in [-0.1, -0.05) is 6.92 Å². The molecule has 0 spiro atoms. The van der Waals surface area contributed by atoms with Crippen molar-refractivity contribution in [2.24, 2.45) is 16.6 Å². The second-order valence-corrected chi connectivity index (χ2v) is 4.19. The first kappa shape index (κ1) is 15.4. The lowest BCUT2D eigenvalue weighted by atomic mass is 10.0. The van der Waals surface area contributed by atoms with Gasteiger partial charge in [0.1, 0.15) is 18.0 Å². The van der Waals surface area contributed by atoms with Gasteiger partial charge in [-0.25, -0.2) is 0 Å². The summed E-state index contributed by atoms with van der Waals surface area (Å²) in [6.07, 6.45) is -5.84. The lowest BCUT2D eigenvalue weighted by molar-refractivity contribution is -0.135. The van der Waals surface area contributed by atoms with Crippen LogP contribution in [0.5, 0.6) is 0 Å². The highest BCUT2D eigenvalue weighted by molar-refractivity contribution is 6.09. The van der Waals surface area contributed by atoms with Gasteiger partial charge in [-0.3, -0.25) is 9.79 Å². The molecule has 4 nitrogen and oxygen atoms in total. The van der Waals surface area contributed by atoms with Gasteiger partial charge in [-0.05, 0) is 5.92 Å². The molecule has 0 amide bonds. The van der Waals surface area contributed by atoms with E-state index in [1.165, 1.54) is 0 Å². The number of alkyl halides is 5. The Labute approximate surface area is 104 Å². The van der Waals surface area contributed by atoms with E-state index in [-0.39, 0.29) is 0 Å². The van der Waals surface area contributed by atoms with Gasteiger partial charge in [0.25, 0.3) is 5.92 Å². The summed E-state index contributed by atoms with van der Waals surface area (Å²) < 4.78 is 64.6. The van der Waals surface area contributed by atoms with E-state index in [1.54, 1.807) is 0 Å². The summed E-state index contributed by atoms with van der Waals surface area (Å²) >= 11 is 0. The van der Waals surface area contributed by atoms with E-state index in [2.05, 4.69) is 4.99 Å². The summed E-state index contributed by atoms with van der Waals surface area (Å²) in [5.74, 6) is -6.28. The van der Waals surface area contributed by atoms with Gasteiger partial charge in [-0.15, -0.1) is 0 Å². The van der Waals surface area contributed by atoms with Crippen LogP contribution in [-0.2, 0) is 4.79 Å². The molecule has 0 aromatic rings. The largest absolute Gasteiger partial charge is 0.480 e. The summed E-state index contributed by atoms with van der Waals surface area (Å²) in [6, 6.07) is 0. The molecule has 0 radical (unpaired) electrons. The quantitative estimate of drug-likeness (QED) is 0.762. The van der Waals surface area contributed by atoms with Crippen LogP contribution in [0.4, 0.5) is 22.0 Å². The van der Waals surface area contributed by atoms with Gasteiger partial charge < -0.3 is 10.8 Å². The molecule has 1 saturated carbocycles. The fourth-order valence-electron chi connectivity index (χ4n) is 1.91. The predicted octanol–water partition coefficient (Wildman–Crippen LogP) is 1.96. The average molecular weight is 286 g/mol. The second kappa shape index (κ2) is 4.78. The topological polar surface area (TPSA) is 75.7 Å². The van der Waals surface area contributed by atoms with E-state index in [4.69, 9.17) is 10.8 Å². The number of nitrogens with two attached hydrogens (primary N) is 1. The highest BCUT2D eigenvalue weighted by Gasteiger charge is 2.51. The Morgan fingerprint density at radius 2 is 2.05 bits per heavy atom. The predicted molar refractivity (Wildman–Crippen MR) is 55.9 cm³/mol. The van der Waals surface area contributed by atoms with Crippen LogP contribution in [0.3, 0.4) is 0 Å². The summed E-state index contributed by atoms with van der Waals surface area (Å²) in [4.78, 5) is 13.4. The van der Waals surface area contributed by atoms with Crippen LogP contribution in [0, 0.1) is 5.92 Å². The molecule has 1 aliphatic rings. The standard InChI is InChI=1S/C10H11F5N2O2/c1-4-2-9(11,12)8(17-3-5(18)19)6(4)7(16)10(13,14)15/h4H,2-3,16H2,1H3,(H,18,19)/t4-/m0/s1. The van der Waals surface area contributed by atoms with E-state index in [0.717, 1.165) is 6.92 Å². The first-order valence-corrected chi connectivity index (χ1v) is 5.18. The number of aliphatic carboxylic acids is 1. The molecular formula is C10H11F5N2O2. The Kier molecular flexibility index (Phi) is 3.87. The van der Waals surface area contributed by atoms with Crippen molar-refractivity contribution >= 4 is 11.7 Å². The number of rotatable bonds is 2. The van der Waals surface area contributed by atoms with Gasteiger partial charge in [0.2, 0.25) is 0 Å². The monoisotopic (exact) mass is 286 g/mol. The molecule has 1 atom stereocenters. The number of allylic oxidation sites excluding steroid dienone is 2. The molecule has 0 saturated heterocycles. The van der Waals surface area contributed by atoms with Crippen LogP contribution in [0.15, 0.2) is 16.3 Å². The molecule has 0 aromatic heterocycles. The van der Waals surface area contributed by atoms with Crippen molar-refractivity contribution in [2.75, 3.05) is 6.54 Å². The average Bonchev–Trinajstić information content (AvgIpc) is 2.42.